The summed E-state index contributed by atoms with van der Waals surface area (Å²) < 4.78 is 72.3. The predicted octanol–water partition coefficient (Wildman–Crippen LogP) is 11.4. The van der Waals surface area contributed by atoms with Crippen LogP contribution in [0, 0.1) is 53.9 Å². The van der Waals surface area contributed by atoms with Gasteiger partial charge in [-0.25, -0.2) is 41.7 Å². The molecule has 10 heteroatoms. The van der Waals surface area contributed by atoms with Crippen molar-refractivity contribution in [1.82, 2.24) is 15.0 Å². The van der Waals surface area contributed by atoms with Crippen LogP contribution >= 0.6 is 0 Å². The van der Waals surface area contributed by atoms with Crippen LogP contribution in [-0.2, 0) is 0 Å². The van der Waals surface area contributed by atoms with Crippen molar-refractivity contribution in [2.75, 3.05) is 0 Å². The third-order valence-corrected chi connectivity index (χ3v) is 8.99. The molecule has 0 atom stereocenters. The second-order valence-electron chi connectivity index (χ2n) is 12.1. The smallest absolute Gasteiger partial charge is 0.200 e. The van der Waals surface area contributed by atoms with Gasteiger partial charge in [-0.15, -0.1) is 0 Å². The molecule has 0 aliphatic carbocycles. The number of para-hydroxylation sites is 1. The van der Waals surface area contributed by atoms with E-state index < -0.39 is 34.6 Å². The Bertz CT molecular complexity index is 2850. The van der Waals surface area contributed by atoms with E-state index in [9.17, 15) is 27.2 Å². The molecule has 6 aromatic carbocycles. The van der Waals surface area contributed by atoms with Crippen molar-refractivity contribution in [2.24, 2.45) is 0 Å². The molecule has 0 aliphatic heterocycles. The summed E-state index contributed by atoms with van der Waals surface area (Å²) in [5, 5.41) is 11.5. The highest BCUT2D eigenvalue weighted by molar-refractivity contribution is 6.22. The highest BCUT2D eigenvalue weighted by Crippen LogP contribution is 2.42. The first-order chi connectivity index (χ1) is 25.2. The number of aromatic nitrogens is 3. The third kappa shape index (κ3) is 5.09. The molecule has 0 unspecified atom stereocenters. The fraction of sp³-hybridized carbons (Fsp3) is 0.0238. The molecule has 0 amide bonds. The van der Waals surface area contributed by atoms with Gasteiger partial charge < -0.3 is 0 Å². The van der Waals surface area contributed by atoms with E-state index in [2.05, 4.69) is 10.9 Å². The van der Waals surface area contributed by atoms with Crippen LogP contribution in [0.25, 0.3) is 82.5 Å². The number of aryl methyl sites for hydroxylation is 1. The van der Waals surface area contributed by atoms with E-state index in [-0.39, 0.29) is 5.56 Å². The number of halogens is 5. The van der Waals surface area contributed by atoms with Gasteiger partial charge >= 0.3 is 0 Å². The Balaban J connectivity index is 1.45. The van der Waals surface area contributed by atoms with E-state index in [0.29, 0.717) is 66.8 Å². The zero-order valence-corrected chi connectivity index (χ0v) is 26.9. The molecule has 0 radical (unpaired) electrons. The van der Waals surface area contributed by atoms with Crippen LogP contribution in [0.3, 0.4) is 0 Å². The first-order valence-corrected chi connectivity index (χ1v) is 15.8. The summed E-state index contributed by atoms with van der Waals surface area (Å²) in [5.41, 5.74) is 5.35. The van der Waals surface area contributed by atoms with E-state index in [1.807, 2.05) is 37.3 Å². The number of benzene rings is 6. The molecule has 5 nitrogen and oxygen atoms in total. The van der Waals surface area contributed by atoms with Gasteiger partial charge in [0.2, 0.25) is 5.82 Å². The van der Waals surface area contributed by atoms with Crippen molar-refractivity contribution in [3.05, 3.63) is 155 Å². The van der Waals surface area contributed by atoms with Gasteiger partial charge in [-0.05, 0) is 53.9 Å². The first-order valence-electron chi connectivity index (χ1n) is 15.8. The Kier molecular flexibility index (Phi) is 7.66. The lowest BCUT2D eigenvalue weighted by molar-refractivity contribution is 0.381. The topological polar surface area (TPSA) is 66.8 Å². The number of hydrogen-bond donors (Lipinski definition) is 0. The average molecular weight is 690 g/mol. The molecule has 0 fully saturated rings. The van der Waals surface area contributed by atoms with Crippen LogP contribution in [0.1, 0.15) is 11.1 Å². The summed E-state index contributed by atoms with van der Waals surface area (Å²) >= 11 is 0. The number of pyridine rings is 1. The van der Waals surface area contributed by atoms with Gasteiger partial charge in [0.1, 0.15) is 0 Å². The number of nitrogens with zero attached hydrogens (tertiary/aromatic N) is 5. The molecule has 248 valence electrons. The SMILES string of the molecule is [C-]#[N+]c1ccc(-c2nc3cc(C)c4c(-c5cccc(-c6c(F)c(F)c(F)c(F)c6F)c5)nc5ccccc5c4c3nc2-c2ccc(C#N)cc2)cc1. The van der Waals surface area contributed by atoms with E-state index in [4.69, 9.17) is 21.5 Å². The molecule has 8 rings (SSSR count). The molecule has 2 aromatic heterocycles. The molecule has 8 aromatic rings. The lowest BCUT2D eigenvalue weighted by atomic mass is 9.93. The average Bonchev–Trinajstić information content (AvgIpc) is 3.18. The minimum Gasteiger partial charge on any atom is -0.247 e. The van der Waals surface area contributed by atoms with Crippen LogP contribution in [0.2, 0.25) is 0 Å². The summed E-state index contributed by atoms with van der Waals surface area (Å²) in [6, 6.07) is 31.1. The highest BCUT2D eigenvalue weighted by Gasteiger charge is 2.27. The Labute approximate surface area is 292 Å². The normalized spacial score (nSPS) is 11.2. The van der Waals surface area contributed by atoms with Crippen molar-refractivity contribution < 1.29 is 22.0 Å². The second-order valence-corrected chi connectivity index (χ2v) is 12.1. The van der Waals surface area contributed by atoms with Gasteiger partial charge in [0.05, 0.1) is 57.4 Å². The fourth-order valence-corrected chi connectivity index (χ4v) is 6.54. The minimum absolute atomic E-state index is 0.219. The monoisotopic (exact) mass is 689 g/mol. The summed E-state index contributed by atoms with van der Waals surface area (Å²) in [7, 11) is 0. The molecule has 0 saturated carbocycles. The first kappa shape index (κ1) is 32.2. The highest BCUT2D eigenvalue weighted by atomic mass is 19.2. The van der Waals surface area contributed by atoms with Crippen molar-refractivity contribution in [3.8, 4) is 51.0 Å². The van der Waals surface area contributed by atoms with Gasteiger partial charge in [0.25, 0.3) is 0 Å². The lowest BCUT2D eigenvalue weighted by Crippen LogP contribution is -2.04. The predicted molar refractivity (Wildman–Crippen MR) is 190 cm³/mol. The quantitative estimate of drug-likeness (QED) is 0.0606. The fourth-order valence-electron chi connectivity index (χ4n) is 6.54. The maximum absolute atomic E-state index is 15.0. The molecular formula is C42H20F5N5. The van der Waals surface area contributed by atoms with Crippen molar-refractivity contribution in [1.29, 1.82) is 5.26 Å². The van der Waals surface area contributed by atoms with E-state index in [0.717, 1.165) is 16.5 Å². The largest absolute Gasteiger partial charge is 0.247 e. The lowest BCUT2D eigenvalue weighted by Gasteiger charge is -2.17. The third-order valence-electron chi connectivity index (χ3n) is 8.99. The van der Waals surface area contributed by atoms with Crippen molar-refractivity contribution in [2.45, 2.75) is 6.92 Å². The zero-order chi connectivity index (χ0) is 36.3. The molecule has 0 spiro atoms. The molecule has 0 saturated heterocycles. The summed E-state index contributed by atoms with van der Waals surface area (Å²) in [6.07, 6.45) is 0. The van der Waals surface area contributed by atoms with E-state index in [1.165, 1.54) is 18.2 Å². The zero-order valence-electron chi connectivity index (χ0n) is 26.9. The number of hydrogen-bond acceptors (Lipinski definition) is 4. The summed E-state index contributed by atoms with van der Waals surface area (Å²) in [6.45, 7) is 9.25. The van der Waals surface area contributed by atoms with Gasteiger partial charge in [-0.3, -0.25) is 0 Å². The summed E-state index contributed by atoms with van der Waals surface area (Å²) in [4.78, 5) is 18.8. The van der Waals surface area contributed by atoms with E-state index in [1.54, 1.807) is 54.6 Å². The molecule has 52 heavy (non-hydrogen) atoms. The molecule has 0 N–H and O–H groups in total. The Hall–Kier alpha value is -7.04. The van der Waals surface area contributed by atoms with Crippen LogP contribution in [0.15, 0.2) is 103 Å². The molecular weight excluding hydrogens is 669 g/mol. The molecule has 0 aliphatic rings. The van der Waals surface area contributed by atoms with Gasteiger partial charge in [-0.1, -0.05) is 72.8 Å². The minimum atomic E-state index is -2.23. The molecule has 0 bridgehead atoms. The van der Waals surface area contributed by atoms with Gasteiger partial charge in [0.15, 0.2) is 29.0 Å². The Morgan fingerprint density at radius 3 is 1.85 bits per heavy atom. The van der Waals surface area contributed by atoms with Gasteiger partial charge in [0, 0.05) is 27.3 Å². The van der Waals surface area contributed by atoms with Crippen molar-refractivity contribution >= 4 is 38.4 Å². The Morgan fingerprint density at radius 2 is 1.17 bits per heavy atom. The maximum Gasteiger partial charge on any atom is 0.200 e. The maximum atomic E-state index is 15.0. The van der Waals surface area contributed by atoms with Gasteiger partial charge in [-0.2, -0.15) is 5.26 Å². The standard InChI is InChI=1S/C42H20F5N5/c1-21-18-30-42(52-41(23-12-10-22(20-48)11-13-23)40(51-30)24-14-16-27(49-2)17-15-24)33-28-8-3-4-9-29(28)50-39(31(21)33)26-7-5-6-25(19-26)32-34(43)36(45)38(47)37(46)35(32)44/h3-19H,1H3. The van der Waals surface area contributed by atoms with Crippen LogP contribution in [0.4, 0.5) is 27.6 Å². The number of nitriles is 1. The number of rotatable bonds is 4. The second kappa shape index (κ2) is 12.4. The van der Waals surface area contributed by atoms with E-state index >= 15 is 0 Å². The van der Waals surface area contributed by atoms with Crippen LogP contribution < -0.4 is 0 Å². The number of fused-ring (bicyclic) bond motifs is 5. The van der Waals surface area contributed by atoms with Crippen molar-refractivity contribution in [3.63, 3.8) is 0 Å². The summed E-state index contributed by atoms with van der Waals surface area (Å²) in [5.74, 6) is -10.2. The molecule has 2 heterocycles. The van der Waals surface area contributed by atoms with Crippen LogP contribution in [0.5, 0.6) is 0 Å². The Morgan fingerprint density at radius 1 is 0.577 bits per heavy atom. The van der Waals surface area contributed by atoms with Crippen LogP contribution in [-0.4, -0.2) is 15.0 Å².